The molecule has 0 N–H and O–H groups in total. The Hall–Kier alpha value is -4.71. The van der Waals surface area contributed by atoms with Gasteiger partial charge in [0.05, 0.1) is 0 Å². The first-order valence-corrected chi connectivity index (χ1v) is 33.8. The molecule has 6 nitrogen and oxygen atoms in total. The third-order valence-corrected chi connectivity index (χ3v) is 14.0. The number of rotatable bonds is 60. The molecule has 0 aliphatic heterocycles. The molecular formula is C76H124O6. The summed E-state index contributed by atoms with van der Waals surface area (Å²) in [5.41, 5.74) is 0. The number of esters is 3. The van der Waals surface area contributed by atoms with E-state index >= 15 is 0 Å². The topological polar surface area (TPSA) is 78.9 Å². The van der Waals surface area contributed by atoms with Crippen molar-refractivity contribution in [1.82, 2.24) is 0 Å². The first kappa shape index (κ1) is 77.3. The second-order valence-corrected chi connectivity index (χ2v) is 22.0. The Labute approximate surface area is 506 Å². The van der Waals surface area contributed by atoms with Crippen molar-refractivity contribution in [1.29, 1.82) is 0 Å². The van der Waals surface area contributed by atoms with E-state index in [0.717, 1.165) is 167 Å². The lowest BCUT2D eigenvalue weighted by Gasteiger charge is -2.18. The van der Waals surface area contributed by atoms with E-state index in [1.807, 2.05) is 0 Å². The molecule has 0 aromatic carbocycles. The Bertz CT molecular complexity index is 1780. The maximum atomic E-state index is 12.9. The van der Waals surface area contributed by atoms with E-state index in [4.69, 9.17) is 14.2 Å². The first-order chi connectivity index (χ1) is 40.5. The molecule has 464 valence electrons. The molecule has 0 radical (unpaired) electrons. The normalized spacial score (nSPS) is 13.1. The standard InChI is InChI=1S/C76H124O6/c1-4-7-10-13-16-19-22-25-28-29-30-31-32-33-34-35-36-37-38-39-40-41-42-43-44-45-46-47-49-51-54-57-60-63-66-69-75(78)81-72-73(71-80-74(77)68-65-62-59-56-53-50-27-24-21-18-15-12-9-6-3)82-76(79)70-67-64-61-58-55-52-48-26-23-20-17-14-11-8-5-2/h7,10,15-20,24-28,30-31,33-34,36-37,39-40,42-43,48,73H,4-6,8-9,11-14,21-23,29,32,35,38,41,44-47,49-72H2,1-3H3/b10-7-,18-15-,19-16-,20-17-,27-24-,28-25-,31-30-,34-33-,37-36-,40-39-,43-42-,48-26-. The van der Waals surface area contributed by atoms with Gasteiger partial charge in [0, 0.05) is 19.3 Å². The van der Waals surface area contributed by atoms with E-state index in [2.05, 4.69) is 167 Å². The van der Waals surface area contributed by atoms with Crippen LogP contribution in [-0.2, 0) is 28.6 Å². The minimum atomic E-state index is -0.798. The summed E-state index contributed by atoms with van der Waals surface area (Å²) >= 11 is 0. The van der Waals surface area contributed by atoms with Crippen molar-refractivity contribution in [2.75, 3.05) is 13.2 Å². The van der Waals surface area contributed by atoms with Crippen LogP contribution < -0.4 is 0 Å². The molecule has 0 rings (SSSR count). The van der Waals surface area contributed by atoms with Crippen LogP contribution in [0.15, 0.2) is 146 Å². The highest BCUT2D eigenvalue weighted by Gasteiger charge is 2.19. The van der Waals surface area contributed by atoms with Gasteiger partial charge in [0.2, 0.25) is 0 Å². The zero-order chi connectivity index (χ0) is 59.2. The predicted octanol–water partition coefficient (Wildman–Crippen LogP) is 23.5. The van der Waals surface area contributed by atoms with Crippen LogP contribution in [0.5, 0.6) is 0 Å². The van der Waals surface area contributed by atoms with Crippen LogP contribution in [0.4, 0.5) is 0 Å². The second-order valence-electron chi connectivity index (χ2n) is 22.0. The van der Waals surface area contributed by atoms with Gasteiger partial charge in [-0.25, -0.2) is 0 Å². The van der Waals surface area contributed by atoms with E-state index in [-0.39, 0.29) is 31.1 Å². The average Bonchev–Trinajstić information content (AvgIpc) is 3.48. The van der Waals surface area contributed by atoms with Gasteiger partial charge in [0.1, 0.15) is 13.2 Å². The lowest BCUT2D eigenvalue weighted by atomic mass is 10.1. The molecular weight excluding hydrogens is 1010 g/mol. The number of allylic oxidation sites excluding steroid dienone is 24. The largest absolute Gasteiger partial charge is 0.462 e. The molecule has 0 bridgehead atoms. The molecule has 0 fully saturated rings. The molecule has 82 heavy (non-hydrogen) atoms. The molecule has 0 spiro atoms. The second kappa shape index (κ2) is 68.8. The maximum absolute atomic E-state index is 12.9. The Morgan fingerprint density at radius 2 is 0.488 bits per heavy atom. The minimum Gasteiger partial charge on any atom is -0.462 e. The summed E-state index contributed by atoms with van der Waals surface area (Å²) in [5, 5.41) is 0. The van der Waals surface area contributed by atoms with Crippen LogP contribution >= 0.6 is 0 Å². The highest BCUT2D eigenvalue weighted by molar-refractivity contribution is 5.71. The summed E-state index contributed by atoms with van der Waals surface area (Å²) in [6.07, 6.45) is 98.6. The molecule has 1 unspecified atom stereocenters. The van der Waals surface area contributed by atoms with E-state index in [0.29, 0.717) is 19.3 Å². The van der Waals surface area contributed by atoms with Crippen LogP contribution in [0.2, 0.25) is 0 Å². The summed E-state index contributed by atoms with van der Waals surface area (Å²) in [6, 6.07) is 0. The summed E-state index contributed by atoms with van der Waals surface area (Å²) in [7, 11) is 0. The summed E-state index contributed by atoms with van der Waals surface area (Å²) in [5.74, 6) is -0.924. The van der Waals surface area contributed by atoms with Gasteiger partial charge in [0.15, 0.2) is 6.10 Å². The van der Waals surface area contributed by atoms with E-state index in [1.54, 1.807) is 0 Å². The highest BCUT2D eigenvalue weighted by atomic mass is 16.6. The smallest absolute Gasteiger partial charge is 0.306 e. The Balaban J connectivity index is 4.26. The van der Waals surface area contributed by atoms with Gasteiger partial charge < -0.3 is 14.2 Å². The predicted molar refractivity (Wildman–Crippen MR) is 357 cm³/mol. The molecule has 0 aliphatic rings. The van der Waals surface area contributed by atoms with Crippen LogP contribution in [0.3, 0.4) is 0 Å². The fourth-order valence-electron chi connectivity index (χ4n) is 8.98. The van der Waals surface area contributed by atoms with E-state index in [1.165, 1.54) is 89.9 Å². The van der Waals surface area contributed by atoms with Crippen LogP contribution in [0.25, 0.3) is 0 Å². The summed E-state index contributed by atoms with van der Waals surface area (Å²) in [6.45, 7) is 6.44. The zero-order valence-corrected chi connectivity index (χ0v) is 53.2. The monoisotopic (exact) mass is 1130 g/mol. The van der Waals surface area contributed by atoms with Crippen LogP contribution in [0.1, 0.15) is 297 Å². The van der Waals surface area contributed by atoms with Crippen molar-refractivity contribution in [2.45, 2.75) is 303 Å². The van der Waals surface area contributed by atoms with Crippen molar-refractivity contribution in [3.05, 3.63) is 146 Å². The molecule has 6 heteroatoms. The SMILES string of the molecule is CC/C=C\C/C=C\C/C=C\C/C=C\C/C=C\C/C=C\C/C=C\C/C=C\CCCCCCCCCCCCC(=O)OCC(COC(=O)CCCCCCC/C=C\C/C=C\CCCC)OC(=O)CCCCCCC/C=C\C/C=C\CCCCC. The van der Waals surface area contributed by atoms with Crippen molar-refractivity contribution in [2.24, 2.45) is 0 Å². The third kappa shape index (κ3) is 66.1. The van der Waals surface area contributed by atoms with Crippen molar-refractivity contribution < 1.29 is 28.6 Å². The number of unbranched alkanes of at least 4 members (excludes halogenated alkanes) is 25. The van der Waals surface area contributed by atoms with Crippen LogP contribution in [-0.4, -0.2) is 37.2 Å². The van der Waals surface area contributed by atoms with Gasteiger partial charge in [-0.15, -0.1) is 0 Å². The first-order valence-electron chi connectivity index (χ1n) is 33.8. The van der Waals surface area contributed by atoms with Gasteiger partial charge in [-0.05, 0) is 141 Å². The molecule has 0 saturated heterocycles. The fraction of sp³-hybridized carbons (Fsp3) is 0.645. The quantitative estimate of drug-likeness (QED) is 0.0261. The van der Waals surface area contributed by atoms with Gasteiger partial charge in [0.25, 0.3) is 0 Å². The average molecular weight is 1130 g/mol. The number of ether oxygens (including phenoxy) is 3. The molecule has 0 aliphatic carbocycles. The lowest BCUT2D eigenvalue weighted by Crippen LogP contribution is -2.30. The minimum absolute atomic E-state index is 0.0937. The van der Waals surface area contributed by atoms with Crippen molar-refractivity contribution in [3.63, 3.8) is 0 Å². The summed E-state index contributed by atoms with van der Waals surface area (Å²) in [4.78, 5) is 38.3. The third-order valence-electron chi connectivity index (χ3n) is 14.0. The summed E-state index contributed by atoms with van der Waals surface area (Å²) < 4.78 is 16.9. The van der Waals surface area contributed by atoms with Crippen molar-refractivity contribution in [3.8, 4) is 0 Å². The molecule has 0 saturated carbocycles. The molecule has 0 aromatic heterocycles. The number of hydrogen-bond donors (Lipinski definition) is 0. The number of hydrogen-bond acceptors (Lipinski definition) is 6. The Morgan fingerprint density at radius 1 is 0.256 bits per heavy atom. The van der Waals surface area contributed by atoms with Gasteiger partial charge in [-0.2, -0.15) is 0 Å². The maximum Gasteiger partial charge on any atom is 0.306 e. The van der Waals surface area contributed by atoms with Crippen LogP contribution in [0, 0.1) is 0 Å². The van der Waals surface area contributed by atoms with Gasteiger partial charge in [-0.1, -0.05) is 282 Å². The van der Waals surface area contributed by atoms with Gasteiger partial charge in [-0.3, -0.25) is 14.4 Å². The highest BCUT2D eigenvalue weighted by Crippen LogP contribution is 2.15. The van der Waals surface area contributed by atoms with Crippen molar-refractivity contribution >= 4 is 17.9 Å². The molecule has 0 aromatic rings. The number of carbonyl (C=O) groups is 3. The Morgan fingerprint density at radius 3 is 0.780 bits per heavy atom. The molecule has 1 atom stereocenters. The fourth-order valence-corrected chi connectivity index (χ4v) is 8.98. The number of carbonyl (C=O) groups excluding carboxylic acids is 3. The molecule has 0 heterocycles. The zero-order valence-electron chi connectivity index (χ0n) is 53.2. The van der Waals surface area contributed by atoms with E-state index < -0.39 is 6.10 Å². The Kier molecular flexibility index (Phi) is 64.8. The van der Waals surface area contributed by atoms with Gasteiger partial charge >= 0.3 is 17.9 Å². The van der Waals surface area contributed by atoms with E-state index in [9.17, 15) is 14.4 Å². The lowest BCUT2D eigenvalue weighted by molar-refractivity contribution is -0.167. The molecule has 0 amide bonds.